The zero-order valence-electron chi connectivity index (χ0n) is 33.7. The molecule has 4 N–H and O–H groups in total. The van der Waals surface area contributed by atoms with Gasteiger partial charge < -0.3 is 19.7 Å². The molecule has 7 rings (SSSR count). The van der Waals surface area contributed by atoms with E-state index in [4.69, 9.17) is 9.47 Å². The van der Waals surface area contributed by atoms with Crippen LogP contribution in [0.4, 0.5) is 11.4 Å². The van der Waals surface area contributed by atoms with Gasteiger partial charge in [0, 0.05) is 0 Å². The second-order valence-corrected chi connectivity index (χ2v) is 13.9. The molecule has 7 aromatic rings. The molecule has 0 heterocycles. The molecule has 0 saturated carbocycles. The van der Waals surface area contributed by atoms with E-state index < -0.39 is 34.8 Å². The molecule has 0 spiro atoms. The molecule has 0 radical (unpaired) electrons. The van der Waals surface area contributed by atoms with Crippen LogP contribution < -0.4 is 30.3 Å². The van der Waals surface area contributed by atoms with Crippen LogP contribution in [-0.4, -0.2) is 48.1 Å². The summed E-state index contributed by atoms with van der Waals surface area (Å²) in [6.45, 7) is 0. The van der Waals surface area contributed by atoms with E-state index in [2.05, 4.69) is 10.9 Å². The molecule has 7 aromatic carbocycles. The quantitative estimate of drug-likeness (QED) is 0.0967. The Morgan fingerprint density at radius 3 is 0.952 bits per heavy atom. The van der Waals surface area contributed by atoms with E-state index in [1.807, 2.05) is 0 Å². The average molecular weight is 827 g/mol. The first-order valence-electron chi connectivity index (χ1n) is 19.5. The second-order valence-electron chi connectivity index (χ2n) is 13.9. The Labute approximate surface area is 358 Å². The van der Waals surface area contributed by atoms with Crippen LogP contribution in [0.5, 0.6) is 11.5 Å². The number of anilines is 2. The van der Waals surface area contributed by atoms with Crippen molar-refractivity contribution in [2.75, 3.05) is 24.2 Å². The maximum atomic E-state index is 15.2. The zero-order chi connectivity index (χ0) is 43.7. The fraction of sp³-hybridized carbons (Fsp3) is 0.0800. The lowest BCUT2D eigenvalue weighted by Gasteiger charge is -2.33. The summed E-state index contributed by atoms with van der Waals surface area (Å²) in [7, 11) is 2.79. The van der Waals surface area contributed by atoms with Crippen LogP contribution in [0.15, 0.2) is 194 Å². The number of nitrogens with one attached hydrogen (secondary N) is 2. The predicted molar refractivity (Wildman–Crippen MR) is 234 cm³/mol. The summed E-state index contributed by atoms with van der Waals surface area (Å²) in [4.78, 5) is 59.6. The summed E-state index contributed by atoms with van der Waals surface area (Å²) in [6.07, 6.45) is 0. The molecule has 12 heteroatoms. The van der Waals surface area contributed by atoms with E-state index in [-0.39, 0.29) is 56.3 Å². The predicted octanol–water partition coefficient (Wildman–Crippen LogP) is 6.93. The Morgan fingerprint density at radius 2 is 0.661 bits per heavy atom. The van der Waals surface area contributed by atoms with Gasteiger partial charge in [-0.15, -0.1) is 0 Å². The Balaban J connectivity index is 1.34. The van der Waals surface area contributed by atoms with Gasteiger partial charge >= 0.3 is 0 Å². The molecule has 310 valence electrons. The number of carbonyl (C=O) groups excluding carboxylic acids is 4. The number of carbonyl (C=O) groups is 4. The lowest BCUT2D eigenvalue weighted by molar-refractivity contribution is -0.137. The zero-order valence-corrected chi connectivity index (χ0v) is 33.7. The number of methoxy groups -OCH3 is 2. The van der Waals surface area contributed by atoms with Crippen LogP contribution in [0.25, 0.3) is 0 Å². The van der Waals surface area contributed by atoms with Crippen LogP contribution in [0.1, 0.15) is 43.0 Å². The number of hydrogen-bond acceptors (Lipinski definition) is 8. The molecule has 0 bridgehead atoms. The van der Waals surface area contributed by atoms with Crippen molar-refractivity contribution >= 4 is 35.0 Å². The van der Waals surface area contributed by atoms with Gasteiger partial charge in [0.15, 0.2) is 11.2 Å². The highest BCUT2D eigenvalue weighted by Gasteiger charge is 2.44. The first-order chi connectivity index (χ1) is 30.1. The van der Waals surface area contributed by atoms with E-state index in [0.717, 1.165) is 10.0 Å². The van der Waals surface area contributed by atoms with Gasteiger partial charge in [-0.25, -0.2) is 10.0 Å². The lowest BCUT2D eigenvalue weighted by Crippen LogP contribution is -2.56. The molecule has 0 saturated heterocycles. The summed E-state index contributed by atoms with van der Waals surface area (Å²) < 4.78 is 11.3. The molecule has 62 heavy (non-hydrogen) atoms. The Hall–Kier alpha value is -8.06. The fourth-order valence-electron chi connectivity index (χ4n) is 7.11. The number of hydrazine groups is 2. The van der Waals surface area contributed by atoms with Crippen LogP contribution in [0.2, 0.25) is 0 Å². The molecule has 0 atom stereocenters. The van der Waals surface area contributed by atoms with Crippen molar-refractivity contribution in [3.05, 3.63) is 228 Å². The van der Waals surface area contributed by atoms with Gasteiger partial charge in [0.1, 0.15) is 22.9 Å². The van der Waals surface area contributed by atoms with Gasteiger partial charge in [0.25, 0.3) is 23.6 Å². The second kappa shape index (κ2) is 18.5. The maximum absolute atomic E-state index is 15.2. The van der Waals surface area contributed by atoms with Crippen molar-refractivity contribution in [3.8, 4) is 11.5 Å². The van der Waals surface area contributed by atoms with Crippen molar-refractivity contribution < 1.29 is 38.9 Å². The number of amides is 4. The molecule has 12 nitrogen and oxygen atoms in total. The standard InChI is InChI=1S/C50H42N4O8/c1-61-43-33-19-17-31-41(43)53(51-47(57)49(59,35-21-7-3-8-22-35)36-23-9-4-10-24-36)45(55)39-29-15-16-30-40(39)46(56)54(42-32-18-20-34-44(42)62-2)52-48(58)50(60,37-25-11-5-12-26-37)38-27-13-6-14-28-38/h3-34,59-60H,1-2H3,(H,51,57)(H,52,58). The molecular weight excluding hydrogens is 785 g/mol. The van der Waals surface area contributed by atoms with Crippen LogP contribution in [-0.2, 0) is 20.8 Å². The third-order valence-corrected chi connectivity index (χ3v) is 10.3. The minimum absolute atomic E-state index is 0.0738. The van der Waals surface area contributed by atoms with Gasteiger partial charge in [-0.2, -0.15) is 0 Å². The highest BCUT2D eigenvalue weighted by Crippen LogP contribution is 2.35. The monoisotopic (exact) mass is 826 g/mol. The summed E-state index contributed by atoms with van der Waals surface area (Å²) in [5.41, 5.74) is 1.27. The Kier molecular flexibility index (Phi) is 12.5. The number of rotatable bonds is 12. The molecule has 0 aliphatic heterocycles. The van der Waals surface area contributed by atoms with Crippen molar-refractivity contribution in [2.45, 2.75) is 11.2 Å². The normalized spacial score (nSPS) is 11.2. The SMILES string of the molecule is COc1ccccc1N(NC(=O)C(O)(c1ccccc1)c1ccccc1)C(=O)c1ccccc1C(=O)N(NC(=O)C(O)(c1ccccc1)c1ccccc1)c1ccccc1OC. The van der Waals surface area contributed by atoms with Gasteiger partial charge in [0.2, 0.25) is 0 Å². The summed E-state index contributed by atoms with van der Waals surface area (Å²) in [6, 6.07) is 51.8. The fourth-order valence-corrected chi connectivity index (χ4v) is 7.11. The topological polar surface area (TPSA) is 158 Å². The summed E-state index contributed by atoms with van der Waals surface area (Å²) in [5, 5.41) is 26.6. The van der Waals surface area contributed by atoms with E-state index in [9.17, 15) is 19.8 Å². The van der Waals surface area contributed by atoms with E-state index in [1.165, 1.54) is 50.6 Å². The van der Waals surface area contributed by atoms with E-state index >= 15 is 9.59 Å². The van der Waals surface area contributed by atoms with Crippen LogP contribution in [0, 0.1) is 0 Å². The van der Waals surface area contributed by atoms with Gasteiger partial charge in [0.05, 0.1) is 25.3 Å². The maximum Gasteiger partial charge on any atom is 0.280 e. The molecule has 0 fully saturated rings. The van der Waals surface area contributed by atoms with Crippen molar-refractivity contribution in [2.24, 2.45) is 0 Å². The van der Waals surface area contributed by atoms with Crippen molar-refractivity contribution in [1.82, 2.24) is 10.9 Å². The number of benzene rings is 7. The van der Waals surface area contributed by atoms with E-state index in [0.29, 0.717) is 0 Å². The Morgan fingerprint density at radius 1 is 0.403 bits per heavy atom. The first-order valence-corrected chi connectivity index (χ1v) is 19.5. The smallest absolute Gasteiger partial charge is 0.280 e. The van der Waals surface area contributed by atoms with Crippen LogP contribution >= 0.6 is 0 Å². The first kappa shape index (κ1) is 42.1. The molecule has 0 aliphatic rings. The molecule has 0 aliphatic carbocycles. The average Bonchev–Trinajstić information content (AvgIpc) is 3.34. The lowest BCUT2D eigenvalue weighted by atomic mass is 9.85. The largest absolute Gasteiger partial charge is 0.494 e. The molecule has 0 aromatic heterocycles. The highest BCUT2D eigenvalue weighted by atomic mass is 16.5. The third kappa shape index (κ3) is 8.11. The van der Waals surface area contributed by atoms with Gasteiger partial charge in [-0.05, 0) is 58.7 Å². The number of nitrogens with zero attached hydrogens (tertiary/aromatic N) is 2. The van der Waals surface area contributed by atoms with Gasteiger partial charge in [-0.1, -0.05) is 158 Å². The highest BCUT2D eigenvalue weighted by molar-refractivity contribution is 6.18. The number of hydrogen-bond donors (Lipinski definition) is 4. The minimum atomic E-state index is -2.31. The van der Waals surface area contributed by atoms with Gasteiger partial charge in [-0.3, -0.25) is 30.0 Å². The third-order valence-electron chi connectivity index (χ3n) is 10.3. The Bertz CT molecular complexity index is 2420. The number of aliphatic hydroxyl groups is 2. The molecular formula is C50H42N4O8. The van der Waals surface area contributed by atoms with Crippen molar-refractivity contribution in [3.63, 3.8) is 0 Å². The number of para-hydroxylation sites is 4. The molecule has 0 unspecified atom stereocenters. The summed E-state index contributed by atoms with van der Waals surface area (Å²) in [5.74, 6) is -3.46. The van der Waals surface area contributed by atoms with Crippen molar-refractivity contribution in [1.29, 1.82) is 0 Å². The number of ether oxygens (including phenoxy) is 2. The van der Waals surface area contributed by atoms with Crippen LogP contribution in [0.3, 0.4) is 0 Å². The molecule has 4 amide bonds. The minimum Gasteiger partial charge on any atom is -0.494 e. The van der Waals surface area contributed by atoms with E-state index in [1.54, 1.807) is 158 Å². The summed E-state index contributed by atoms with van der Waals surface area (Å²) >= 11 is 0.